The predicted molar refractivity (Wildman–Crippen MR) is 88.2 cm³/mol. The molecule has 1 aromatic heterocycles. The molecule has 1 nitrogen and oxygen atoms in total. The summed E-state index contributed by atoms with van der Waals surface area (Å²) in [5, 5.41) is 0. The lowest BCUT2D eigenvalue weighted by Crippen LogP contribution is -2.16. The summed E-state index contributed by atoms with van der Waals surface area (Å²) in [5.74, 6) is 2.66. The topological polar surface area (TPSA) is 13.1 Å². The molecule has 0 aliphatic rings. The van der Waals surface area contributed by atoms with Gasteiger partial charge in [-0.2, -0.15) is 0 Å². The highest BCUT2D eigenvalue weighted by Crippen LogP contribution is 2.33. The minimum absolute atomic E-state index is 0.100. The molecule has 1 rings (SSSR count). The maximum atomic E-state index is 6.04. The Balaban J connectivity index is 2.81. The Kier molecular flexibility index (Phi) is 5.86. The quantitative estimate of drug-likeness (QED) is 0.540. The van der Waals surface area contributed by atoms with Gasteiger partial charge in [0.2, 0.25) is 0 Å². The van der Waals surface area contributed by atoms with Crippen LogP contribution >= 0.6 is 0 Å². The fourth-order valence-corrected chi connectivity index (χ4v) is 2.33. The molecular formula is C19H30O. The van der Waals surface area contributed by atoms with Crippen LogP contribution in [0.25, 0.3) is 0 Å². The van der Waals surface area contributed by atoms with E-state index < -0.39 is 0 Å². The van der Waals surface area contributed by atoms with Crippen molar-refractivity contribution >= 4 is 0 Å². The summed E-state index contributed by atoms with van der Waals surface area (Å²) < 4.78 is 6.04. The van der Waals surface area contributed by atoms with E-state index in [4.69, 9.17) is 4.42 Å². The molecule has 0 aliphatic carbocycles. The third-order valence-corrected chi connectivity index (χ3v) is 3.93. The molecule has 0 bridgehead atoms. The van der Waals surface area contributed by atoms with Gasteiger partial charge >= 0.3 is 0 Å². The Morgan fingerprint density at radius 2 is 2.05 bits per heavy atom. The minimum Gasteiger partial charge on any atom is -0.466 e. The van der Waals surface area contributed by atoms with Crippen LogP contribution in [0, 0.1) is 12.3 Å². The van der Waals surface area contributed by atoms with Crippen molar-refractivity contribution in [2.45, 2.75) is 66.7 Å². The summed E-state index contributed by atoms with van der Waals surface area (Å²) in [6, 6.07) is 2.18. The van der Waals surface area contributed by atoms with E-state index in [0.29, 0.717) is 5.92 Å². The zero-order valence-corrected chi connectivity index (χ0v) is 14.0. The first-order valence-corrected chi connectivity index (χ1v) is 7.63. The first-order chi connectivity index (χ1) is 9.27. The van der Waals surface area contributed by atoms with E-state index in [1.807, 2.05) is 0 Å². The minimum atomic E-state index is 0.100. The second kappa shape index (κ2) is 6.97. The second-order valence-corrected chi connectivity index (χ2v) is 6.76. The molecule has 1 heterocycles. The van der Waals surface area contributed by atoms with Crippen molar-refractivity contribution in [2.24, 2.45) is 5.41 Å². The van der Waals surface area contributed by atoms with Gasteiger partial charge in [0.15, 0.2) is 0 Å². The lowest BCUT2D eigenvalue weighted by atomic mass is 9.80. The van der Waals surface area contributed by atoms with Crippen LogP contribution in [0.3, 0.4) is 0 Å². The van der Waals surface area contributed by atoms with Crippen LogP contribution in [0.2, 0.25) is 0 Å². The van der Waals surface area contributed by atoms with Crippen LogP contribution < -0.4 is 0 Å². The molecule has 0 saturated carbocycles. The summed E-state index contributed by atoms with van der Waals surface area (Å²) in [6.45, 7) is 17.1. The first-order valence-electron chi connectivity index (χ1n) is 7.63. The summed E-state index contributed by atoms with van der Waals surface area (Å²) in [7, 11) is 0. The van der Waals surface area contributed by atoms with Gasteiger partial charge in [-0.15, -0.1) is 6.58 Å². The number of rotatable bonds is 7. The summed E-state index contributed by atoms with van der Waals surface area (Å²) >= 11 is 0. The van der Waals surface area contributed by atoms with Gasteiger partial charge in [-0.05, 0) is 50.7 Å². The van der Waals surface area contributed by atoms with Crippen molar-refractivity contribution in [3.8, 4) is 0 Å². The SMILES string of the molecule is C=CC(C)(CCC=C(C)C)Cc1oc(C(C)C)cc1C. The maximum absolute atomic E-state index is 6.04. The van der Waals surface area contributed by atoms with Crippen LogP contribution in [0.4, 0.5) is 0 Å². The van der Waals surface area contributed by atoms with Gasteiger partial charge < -0.3 is 4.42 Å². The Morgan fingerprint density at radius 1 is 1.40 bits per heavy atom. The van der Waals surface area contributed by atoms with Crippen LogP contribution in [-0.2, 0) is 6.42 Å². The summed E-state index contributed by atoms with van der Waals surface area (Å²) in [4.78, 5) is 0. The normalized spacial score (nSPS) is 14.2. The molecular weight excluding hydrogens is 244 g/mol. The van der Waals surface area contributed by atoms with E-state index in [1.165, 1.54) is 11.1 Å². The van der Waals surface area contributed by atoms with Crippen LogP contribution in [0.15, 0.2) is 34.8 Å². The van der Waals surface area contributed by atoms with E-state index in [9.17, 15) is 0 Å². The lowest BCUT2D eigenvalue weighted by molar-refractivity contribution is 0.340. The van der Waals surface area contributed by atoms with E-state index in [0.717, 1.165) is 30.8 Å². The lowest BCUT2D eigenvalue weighted by Gasteiger charge is -2.24. The van der Waals surface area contributed by atoms with Gasteiger partial charge in [-0.25, -0.2) is 0 Å². The Labute approximate surface area is 124 Å². The molecule has 112 valence electrons. The zero-order valence-electron chi connectivity index (χ0n) is 14.0. The summed E-state index contributed by atoms with van der Waals surface area (Å²) in [6.07, 6.45) is 7.53. The average molecular weight is 274 g/mol. The molecule has 1 heteroatoms. The molecule has 1 atom stereocenters. The molecule has 1 unspecified atom stereocenters. The van der Waals surface area contributed by atoms with Gasteiger partial charge in [-0.1, -0.05) is 38.5 Å². The van der Waals surface area contributed by atoms with Gasteiger partial charge in [-0.3, -0.25) is 0 Å². The second-order valence-electron chi connectivity index (χ2n) is 6.76. The average Bonchev–Trinajstić information content (AvgIpc) is 2.70. The fourth-order valence-electron chi connectivity index (χ4n) is 2.33. The molecule has 20 heavy (non-hydrogen) atoms. The first kappa shape index (κ1) is 16.8. The number of aryl methyl sites for hydroxylation is 1. The zero-order chi connectivity index (χ0) is 15.3. The highest BCUT2D eigenvalue weighted by Gasteiger charge is 2.23. The van der Waals surface area contributed by atoms with Crippen molar-refractivity contribution < 1.29 is 4.42 Å². The number of furan rings is 1. The van der Waals surface area contributed by atoms with Gasteiger partial charge in [0, 0.05) is 12.3 Å². The number of hydrogen-bond donors (Lipinski definition) is 0. The van der Waals surface area contributed by atoms with E-state index in [1.54, 1.807) is 0 Å². The van der Waals surface area contributed by atoms with Crippen molar-refractivity contribution in [1.82, 2.24) is 0 Å². The van der Waals surface area contributed by atoms with Crippen LogP contribution in [0.5, 0.6) is 0 Å². The van der Waals surface area contributed by atoms with Crippen molar-refractivity contribution in [3.63, 3.8) is 0 Å². The number of hydrogen-bond acceptors (Lipinski definition) is 1. The highest BCUT2D eigenvalue weighted by molar-refractivity contribution is 5.23. The Hall–Kier alpha value is -1.24. The van der Waals surface area contributed by atoms with Crippen molar-refractivity contribution in [2.75, 3.05) is 0 Å². The van der Waals surface area contributed by atoms with Crippen LogP contribution in [0.1, 0.15) is 70.5 Å². The molecule has 0 amide bonds. The van der Waals surface area contributed by atoms with Gasteiger partial charge in [0.1, 0.15) is 11.5 Å². The maximum Gasteiger partial charge on any atom is 0.107 e. The van der Waals surface area contributed by atoms with E-state index in [2.05, 4.69) is 66.3 Å². The molecule has 1 aromatic rings. The third-order valence-electron chi connectivity index (χ3n) is 3.93. The van der Waals surface area contributed by atoms with Gasteiger partial charge in [0.25, 0.3) is 0 Å². The van der Waals surface area contributed by atoms with Gasteiger partial charge in [0.05, 0.1) is 0 Å². The fraction of sp³-hybridized carbons (Fsp3) is 0.579. The van der Waals surface area contributed by atoms with E-state index >= 15 is 0 Å². The molecule has 0 N–H and O–H groups in total. The predicted octanol–water partition coefficient (Wildman–Crippen LogP) is 6.19. The Bertz CT molecular complexity index is 472. The molecule has 0 fully saturated rings. The van der Waals surface area contributed by atoms with Crippen molar-refractivity contribution in [3.05, 3.63) is 47.5 Å². The highest BCUT2D eigenvalue weighted by atomic mass is 16.3. The molecule has 0 aliphatic heterocycles. The standard InChI is InChI=1S/C19H30O/c1-8-19(7,11-9-10-14(2)3)13-18-16(6)12-17(20-18)15(4)5/h8,10,12,15H,1,9,11,13H2,2-7H3. The Morgan fingerprint density at radius 3 is 2.50 bits per heavy atom. The largest absolute Gasteiger partial charge is 0.466 e. The molecule has 0 radical (unpaired) electrons. The molecule has 0 saturated heterocycles. The molecule has 0 aromatic carbocycles. The van der Waals surface area contributed by atoms with E-state index in [-0.39, 0.29) is 5.41 Å². The van der Waals surface area contributed by atoms with Crippen molar-refractivity contribution in [1.29, 1.82) is 0 Å². The third kappa shape index (κ3) is 4.70. The summed E-state index contributed by atoms with van der Waals surface area (Å²) in [5.41, 5.74) is 2.75. The number of allylic oxidation sites excluding steroid dienone is 3. The monoisotopic (exact) mass is 274 g/mol. The molecule has 0 spiro atoms. The smallest absolute Gasteiger partial charge is 0.107 e. The van der Waals surface area contributed by atoms with Crippen LogP contribution in [-0.4, -0.2) is 0 Å².